The summed E-state index contributed by atoms with van der Waals surface area (Å²) in [6.07, 6.45) is 9.44. The van der Waals surface area contributed by atoms with Gasteiger partial charge in [0.25, 0.3) is 22.0 Å². The minimum absolute atomic E-state index is 0.0865. The molecule has 2 amide bonds. The third kappa shape index (κ3) is 9.94. The van der Waals surface area contributed by atoms with Crippen molar-refractivity contribution in [1.82, 2.24) is 31.7 Å². The molecule has 0 spiro atoms. The second-order valence-corrected chi connectivity index (χ2v) is 20.9. The van der Waals surface area contributed by atoms with E-state index in [1.807, 2.05) is 60.7 Å². The summed E-state index contributed by atoms with van der Waals surface area (Å²) in [5, 5.41) is 13.9. The number of fused-ring (bicyclic) bond motifs is 2. The summed E-state index contributed by atoms with van der Waals surface area (Å²) in [5.41, 5.74) is 6.87. The topological polar surface area (TPSA) is 163 Å². The molecule has 3 aliphatic heterocycles. The zero-order chi connectivity index (χ0) is 46.9. The smallest absolute Gasteiger partial charge is 0.307 e. The van der Waals surface area contributed by atoms with E-state index in [1.54, 1.807) is 83.1 Å². The number of carbonyl (C=O) groups excluding carboxylic acids is 2. The Balaban J connectivity index is 0.000000168. The fourth-order valence-electron chi connectivity index (χ4n) is 8.38. The summed E-state index contributed by atoms with van der Waals surface area (Å²) in [4.78, 5) is 33.3. The molecule has 3 aliphatic rings. The zero-order valence-electron chi connectivity index (χ0n) is 35.9. The minimum atomic E-state index is -3.74. The summed E-state index contributed by atoms with van der Waals surface area (Å²) in [5.74, 6) is -0.230. The summed E-state index contributed by atoms with van der Waals surface area (Å²) in [6.45, 7) is 2.95. The lowest BCUT2D eigenvalue weighted by Crippen LogP contribution is -2.53. The van der Waals surface area contributed by atoms with Crippen molar-refractivity contribution in [1.29, 1.82) is 0 Å². The van der Waals surface area contributed by atoms with Crippen molar-refractivity contribution >= 4 is 66.2 Å². The summed E-state index contributed by atoms with van der Waals surface area (Å²) in [7, 11) is -7.36. The number of amides is 2. The second kappa shape index (κ2) is 19.2. The zero-order valence-corrected chi connectivity index (χ0v) is 39.1. The molecule has 0 atom stereocenters. The molecular formula is C48H44Cl2N8O7S2. The third-order valence-corrected chi connectivity index (χ3v) is 16.3. The Labute approximate surface area is 398 Å². The Morgan fingerprint density at radius 1 is 0.507 bits per heavy atom. The van der Waals surface area contributed by atoms with E-state index in [-0.39, 0.29) is 38.0 Å². The number of piperazine rings is 2. The van der Waals surface area contributed by atoms with Gasteiger partial charge in [-0.2, -0.15) is 34.5 Å². The molecule has 344 valence electrons. The highest BCUT2D eigenvalue weighted by Gasteiger charge is 2.37. The largest absolute Gasteiger partial charge is 0.619 e. The Morgan fingerprint density at radius 3 is 1.54 bits per heavy atom. The quantitative estimate of drug-likeness (QED) is 0.122. The number of rotatable bonds is 8. The Bertz CT molecular complexity index is 3160. The van der Waals surface area contributed by atoms with E-state index < -0.39 is 20.4 Å². The van der Waals surface area contributed by atoms with Crippen LogP contribution in [0.2, 0.25) is 10.0 Å². The maximum atomic E-state index is 13.2. The molecule has 2 fully saturated rings. The lowest BCUT2D eigenvalue weighted by molar-refractivity contribution is -0.605. The van der Waals surface area contributed by atoms with E-state index in [9.17, 15) is 31.6 Å². The first-order valence-corrected chi connectivity index (χ1v) is 25.0. The van der Waals surface area contributed by atoms with Gasteiger partial charge in [0.1, 0.15) is 0 Å². The van der Waals surface area contributed by atoms with Gasteiger partial charge in [-0.1, -0.05) is 59.6 Å². The highest BCUT2D eigenvalue weighted by Crippen LogP contribution is 2.30. The van der Waals surface area contributed by atoms with Gasteiger partial charge in [0.05, 0.1) is 0 Å². The normalized spacial score (nSPS) is 16.1. The van der Waals surface area contributed by atoms with Gasteiger partial charge in [0, 0.05) is 134 Å². The molecular weight excluding hydrogens is 936 g/mol. The van der Waals surface area contributed by atoms with Crippen LogP contribution in [-0.2, 0) is 33.5 Å². The number of benzene rings is 4. The summed E-state index contributed by atoms with van der Waals surface area (Å²) < 4.78 is 58.8. The van der Waals surface area contributed by atoms with E-state index >= 15 is 0 Å². The Kier molecular flexibility index (Phi) is 13.2. The van der Waals surface area contributed by atoms with Crippen LogP contribution in [-0.4, -0.2) is 113 Å². The molecule has 0 saturated carbocycles. The fourth-order valence-corrected chi connectivity index (χ4v) is 11.7. The number of hydrogen-bond donors (Lipinski definition) is 0. The highest BCUT2D eigenvalue weighted by molar-refractivity contribution is 7.87. The van der Waals surface area contributed by atoms with Gasteiger partial charge in [0.2, 0.25) is 0 Å². The number of halogens is 2. The summed E-state index contributed by atoms with van der Waals surface area (Å²) >= 11 is 12.1. The van der Waals surface area contributed by atoms with E-state index in [4.69, 9.17) is 23.2 Å². The van der Waals surface area contributed by atoms with E-state index in [0.29, 0.717) is 60.4 Å². The van der Waals surface area contributed by atoms with Gasteiger partial charge in [-0.05, 0) is 94.0 Å². The van der Waals surface area contributed by atoms with Crippen molar-refractivity contribution in [3.05, 3.63) is 184 Å². The Morgan fingerprint density at radius 2 is 0.970 bits per heavy atom. The van der Waals surface area contributed by atoms with Crippen LogP contribution in [0.3, 0.4) is 0 Å². The molecule has 2 saturated heterocycles. The monoisotopic (exact) mass is 978 g/mol. The van der Waals surface area contributed by atoms with Crippen molar-refractivity contribution in [3.63, 3.8) is 0 Å². The fraction of sp³-hybridized carbons (Fsp3) is 0.208. The first kappa shape index (κ1) is 46.0. The second-order valence-electron chi connectivity index (χ2n) is 16.3. The minimum Gasteiger partial charge on any atom is -0.619 e. The van der Waals surface area contributed by atoms with Gasteiger partial charge >= 0.3 is 10.2 Å². The summed E-state index contributed by atoms with van der Waals surface area (Å²) in [6, 6.07) is 32.6. The molecule has 7 aromatic rings. The van der Waals surface area contributed by atoms with Crippen LogP contribution < -0.4 is 4.73 Å². The van der Waals surface area contributed by atoms with Crippen molar-refractivity contribution in [3.8, 4) is 22.3 Å². The Hall–Kier alpha value is -6.18. The molecule has 0 N–H and O–H groups in total. The third-order valence-electron chi connectivity index (χ3n) is 12.2. The standard InChI is InChI=1S/C24H21ClN4O4S.C24H23ClN4O3S/c25-23-6-5-21-16-29(17-22(21)15-23)34(32,33)28-13-11-26(12-14-28)24(30)20-3-1-18(2-4-20)19-7-9-27(31)10-8-19;25-23-6-5-21-16-29(17-22(21)15-23)33(31,32)28-13-11-27(12-14-28)24(30)20-3-1-18(2-4-20)19-7-9-26-10-8-19/h1-10,15-17H,11-14H2;1-10,15H,11-14,16-17H2. The average Bonchev–Trinajstić information content (AvgIpc) is 4.00. The molecule has 0 unspecified atom stereocenters. The molecule has 10 rings (SSSR count). The molecule has 3 aromatic heterocycles. The molecule has 4 aromatic carbocycles. The highest BCUT2D eigenvalue weighted by atomic mass is 35.5. The van der Waals surface area contributed by atoms with Crippen LogP contribution in [0.15, 0.2) is 146 Å². The molecule has 15 nitrogen and oxygen atoms in total. The van der Waals surface area contributed by atoms with Crippen LogP contribution in [0, 0.1) is 5.21 Å². The van der Waals surface area contributed by atoms with E-state index in [1.165, 1.54) is 29.3 Å². The van der Waals surface area contributed by atoms with E-state index in [0.717, 1.165) is 48.9 Å². The SMILES string of the molecule is O=C(c1ccc(-c2cc[n+]([O-])cc2)cc1)N1CCN(S(=O)(=O)n2cc3ccc(Cl)cc3c2)CC1.O=C(c1ccc(-c2ccncc2)cc1)N1CCN(S(=O)(=O)N2Cc3ccc(Cl)cc3C2)CC1. The van der Waals surface area contributed by atoms with Crippen LogP contribution >= 0.6 is 23.2 Å². The van der Waals surface area contributed by atoms with Crippen LogP contribution in [0.1, 0.15) is 31.8 Å². The van der Waals surface area contributed by atoms with E-state index in [2.05, 4.69) is 4.98 Å². The van der Waals surface area contributed by atoms with Crippen LogP contribution in [0.25, 0.3) is 33.0 Å². The molecule has 0 bridgehead atoms. The van der Waals surface area contributed by atoms with Gasteiger partial charge in [-0.15, -0.1) is 0 Å². The maximum absolute atomic E-state index is 13.2. The van der Waals surface area contributed by atoms with Gasteiger partial charge < -0.3 is 15.0 Å². The van der Waals surface area contributed by atoms with Crippen molar-refractivity contribution in [2.24, 2.45) is 0 Å². The lowest BCUT2D eigenvalue weighted by atomic mass is 10.0. The van der Waals surface area contributed by atoms with Crippen LogP contribution in [0.5, 0.6) is 0 Å². The molecule has 0 aliphatic carbocycles. The van der Waals surface area contributed by atoms with Crippen molar-refractivity contribution in [2.45, 2.75) is 13.1 Å². The number of carbonyl (C=O) groups is 2. The lowest BCUT2D eigenvalue weighted by Gasteiger charge is -2.35. The average molecular weight is 980 g/mol. The number of nitrogens with zero attached hydrogens (tertiary/aromatic N) is 8. The van der Waals surface area contributed by atoms with Gasteiger partial charge in [-0.25, -0.2) is 3.97 Å². The van der Waals surface area contributed by atoms with Crippen molar-refractivity contribution in [2.75, 3.05) is 52.4 Å². The number of hydrogen-bond acceptors (Lipinski definition) is 8. The number of aromatic nitrogens is 3. The molecule has 19 heteroatoms. The number of pyridine rings is 2. The predicted molar refractivity (Wildman–Crippen MR) is 256 cm³/mol. The molecule has 67 heavy (non-hydrogen) atoms. The first-order chi connectivity index (χ1) is 32.2. The van der Waals surface area contributed by atoms with Gasteiger partial charge in [0.15, 0.2) is 12.4 Å². The van der Waals surface area contributed by atoms with Crippen molar-refractivity contribution < 1.29 is 31.2 Å². The first-order valence-electron chi connectivity index (χ1n) is 21.4. The van der Waals surface area contributed by atoms with Crippen LogP contribution in [0.4, 0.5) is 0 Å². The maximum Gasteiger partial charge on any atom is 0.307 e. The molecule has 6 heterocycles. The predicted octanol–water partition coefficient (Wildman–Crippen LogP) is 6.57. The molecule has 0 radical (unpaired) electrons. The van der Waals surface area contributed by atoms with Gasteiger partial charge in [-0.3, -0.25) is 14.6 Å².